The number of benzene rings is 2. The highest BCUT2D eigenvalue weighted by Crippen LogP contribution is 2.26. The molecule has 6 nitrogen and oxygen atoms in total. The van der Waals surface area contributed by atoms with Gasteiger partial charge in [-0.2, -0.15) is 0 Å². The summed E-state index contributed by atoms with van der Waals surface area (Å²) in [5.74, 6) is -2.26. The third-order valence-corrected chi connectivity index (χ3v) is 3.96. The fraction of sp³-hybridized carbons (Fsp3) is 0.167. The molecule has 0 bridgehead atoms. The second-order valence-electron chi connectivity index (χ2n) is 5.55. The highest BCUT2D eigenvalue weighted by atomic mass is 19.1. The van der Waals surface area contributed by atoms with Crippen LogP contribution in [-0.4, -0.2) is 35.8 Å². The maximum absolute atomic E-state index is 13.4. The number of carbonyl (C=O) groups is 3. The maximum Gasteiger partial charge on any atom is 0.267 e. The van der Waals surface area contributed by atoms with Gasteiger partial charge in [-0.15, -0.1) is 0 Å². The molecular weight excluding hydrogens is 327 g/mol. The van der Waals surface area contributed by atoms with Gasteiger partial charge >= 0.3 is 0 Å². The number of hydrogen-bond acceptors (Lipinski definition) is 4. The molecule has 2 aromatic rings. The summed E-state index contributed by atoms with van der Waals surface area (Å²) in [6, 6.07) is 10.8. The summed E-state index contributed by atoms with van der Waals surface area (Å²) in [5, 5.41) is 0. The maximum atomic E-state index is 13.4. The van der Waals surface area contributed by atoms with Crippen molar-refractivity contribution in [1.82, 2.24) is 10.4 Å². The lowest BCUT2D eigenvalue weighted by atomic mass is 10.0. The first kappa shape index (κ1) is 16.8. The van der Waals surface area contributed by atoms with Crippen LogP contribution >= 0.6 is 0 Å². The summed E-state index contributed by atoms with van der Waals surface area (Å²) in [4.78, 5) is 43.2. The summed E-state index contributed by atoms with van der Waals surface area (Å²) in [6.45, 7) is 0. The first-order chi connectivity index (χ1) is 12.0. The van der Waals surface area contributed by atoms with Crippen LogP contribution in [0.25, 0.3) is 0 Å². The van der Waals surface area contributed by atoms with E-state index >= 15 is 0 Å². The average molecular weight is 342 g/mol. The van der Waals surface area contributed by atoms with Crippen molar-refractivity contribution in [2.45, 2.75) is 12.5 Å². The zero-order valence-electron chi connectivity index (χ0n) is 13.4. The smallest absolute Gasteiger partial charge is 0.267 e. The molecule has 25 heavy (non-hydrogen) atoms. The van der Waals surface area contributed by atoms with E-state index in [2.05, 4.69) is 10.3 Å². The number of carbonyl (C=O) groups excluding carboxylic acids is 3. The molecule has 1 aliphatic rings. The third-order valence-electron chi connectivity index (χ3n) is 3.96. The van der Waals surface area contributed by atoms with Crippen molar-refractivity contribution in [1.29, 1.82) is 0 Å². The van der Waals surface area contributed by atoms with E-state index in [1.165, 1.54) is 37.4 Å². The van der Waals surface area contributed by atoms with Crippen molar-refractivity contribution in [2.75, 3.05) is 7.11 Å². The zero-order valence-corrected chi connectivity index (χ0v) is 13.4. The van der Waals surface area contributed by atoms with E-state index in [-0.39, 0.29) is 17.5 Å². The van der Waals surface area contributed by atoms with Gasteiger partial charge < -0.3 is 0 Å². The number of fused-ring (bicyclic) bond motifs is 1. The second kappa shape index (κ2) is 6.82. The Morgan fingerprint density at radius 1 is 1.12 bits per heavy atom. The Morgan fingerprint density at radius 2 is 1.76 bits per heavy atom. The molecule has 0 spiro atoms. The fourth-order valence-electron chi connectivity index (χ4n) is 2.85. The molecule has 0 aromatic heterocycles. The van der Waals surface area contributed by atoms with Gasteiger partial charge in [0.15, 0.2) is 0 Å². The number of hydrogen-bond donors (Lipinski definition) is 1. The molecule has 0 saturated carbocycles. The molecule has 0 radical (unpaired) electrons. The van der Waals surface area contributed by atoms with Crippen LogP contribution in [0.5, 0.6) is 0 Å². The number of rotatable bonds is 5. The van der Waals surface area contributed by atoms with Crippen LogP contribution < -0.4 is 5.48 Å². The summed E-state index contributed by atoms with van der Waals surface area (Å²) in [6.07, 6.45) is -0.0293. The SMILES string of the molecule is CONC(=O)[C@H](Cc1cccc(F)c1)N1C(=O)c2ccccc2C1=O. The van der Waals surface area contributed by atoms with Crippen LogP contribution in [0.15, 0.2) is 48.5 Å². The number of hydroxylamine groups is 1. The Kier molecular flexibility index (Phi) is 4.58. The van der Waals surface area contributed by atoms with E-state index in [1.54, 1.807) is 18.2 Å². The van der Waals surface area contributed by atoms with Gasteiger partial charge in [-0.3, -0.25) is 24.1 Å². The van der Waals surface area contributed by atoms with Crippen LogP contribution in [0.1, 0.15) is 26.3 Å². The van der Waals surface area contributed by atoms with Gasteiger partial charge in [-0.1, -0.05) is 24.3 Å². The molecule has 0 unspecified atom stereocenters. The van der Waals surface area contributed by atoms with Crippen LogP contribution in [0.3, 0.4) is 0 Å². The van der Waals surface area contributed by atoms with Gasteiger partial charge in [0.25, 0.3) is 17.7 Å². The molecule has 7 heteroatoms. The molecule has 1 heterocycles. The first-order valence-electron chi connectivity index (χ1n) is 7.57. The largest absolute Gasteiger partial charge is 0.277 e. The Labute approximate surface area is 143 Å². The fourth-order valence-corrected chi connectivity index (χ4v) is 2.85. The van der Waals surface area contributed by atoms with E-state index in [0.29, 0.717) is 5.56 Å². The summed E-state index contributed by atoms with van der Waals surface area (Å²) in [5.41, 5.74) is 3.10. The van der Waals surface area contributed by atoms with Crippen molar-refractivity contribution in [3.63, 3.8) is 0 Å². The number of nitrogens with one attached hydrogen (secondary N) is 1. The van der Waals surface area contributed by atoms with Crippen molar-refractivity contribution < 1.29 is 23.6 Å². The molecule has 1 N–H and O–H groups in total. The second-order valence-corrected chi connectivity index (χ2v) is 5.55. The zero-order chi connectivity index (χ0) is 18.0. The lowest BCUT2D eigenvalue weighted by molar-refractivity contribution is -0.135. The van der Waals surface area contributed by atoms with Gasteiger partial charge in [0.1, 0.15) is 11.9 Å². The minimum absolute atomic E-state index is 0.0293. The molecule has 0 fully saturated rings. The Hall–Kier alpha value is -3.06. The molecule has 2 aromatic carbocycles. The summed E-state index contributed by atoms with van der Waals surface area (Å²) < 4.78 is 13.4. The number of halogens is 1. The standard InChI is InChI=1S/C18H15FN2O4/c1-25-20-16(22)15(10-11-5-4-6-12(19)9-11)21-17(23)13-7-2-3-8-14(13)18(21)24/h2-9,15H,10H2,1H3,(H,20,22)/t15-/m0/s1. The van der Waals surface area contributed by atoms with E-state index in [0.717, 1.165) is 4.90 Å². The molecule has 1 aliphatic heterocycles. The predicted octanol–water partition coefficient (Wildman–Crippen LogP) is 1.71. The molecule has 1 atom stereocenters. The number of nitrogens with zero attached hydrogens (tertiary/aromatic N) is 1. The van der Waals surface area contributed by atoms with E-state index in [1.807, 2.05) is 0 Å². The van der Waals surface area contributed by atoms with Gasteiger partial charge in [0.05, 0.1) is 18.2 Å². The van der Waals surface area contributed by atoms with Crippen molar-refractivity contribution in [2.24, 2.45) is 0 Å². The normalized spacial score (nSPS) is 14.4. The van der Waals surface area contributed by atoms with Crippen molar-refractivity contribution in [3.8, 4) is 0 Å². The first-order valence-corrected chi connectivity index (χ1v) is 7.57. The van der Waals surface area contributed by atoms with Crippen LogP contribution in [0, 0.1) is 5.82 Å². The minimum Gasteiger partial charge on any atom is -0.277 e. The van der Waals surface area contributed by atoms with Crippen molar-refractivity contribution in [3.05, 3.63) is 71.0 Å². The lowest BCUT2D eigenvalue weighted by Gasteiger charge is -2.25. The highest BCUT2D eigenvalue weighted by molar-refractivity contribution is 6.22. The Morgan fingerprint density at radius 3 is 2.32 bits per heavy atom. The number of imide groups is 1. The Bertz CT molecular complexity index is 817. The molecular formula is C18H15FN2O4. The van der Waals surface area contributed by atoms with Crippen molar-refractivity contribution >= 4 is 17.7 Å². The van der Waals surface area contributed by atoms with Gasteiger partial charge in [-0.05, 0) is 29.8 Å². The summed E-state index contributed by atoms with van der Waals surface area (Å²) in [7, 11) is 1.25. The van der Waals surface area contributed by atoms with Gasteiger partial charge in [0.2, 0.25) is 0 Å². The van der Waals surface area contributed by atoms with Gasteiger partial charge in [0, 0.05) is 6.42 Å². The molecule has 3 rings (SSSR count). The van der Waals surface area contributed by atoms with Crippen LogP contribution in [-0.2, 0) is 16.1 Å². The summed E-state index contributed by atoms with van der Waals surface area (Å²) >= 11 is 0. The van der Waals surface area contributed by atoms with Crippen LogP contribution in [0.4, 0.5) is 4.39 Å². The Balaban J connectivity index is 1.97. The highest BCUT2D eigenvalue weighted by Gasteiger charge is 2.42. The van der Waals surface area contributed by atoms with Gasteiger partial charge in [-0.25, -0.2) is 9.87 Å². The molecule has 128 valence electrons. The predicted molar refractivity (Wildman–Crippen MR) is 86.0 cm³/mol. The minimum atomic E-state index is -1.16. The van der Waals surface area contributed by atoms with E-state index in [9.17, 15) is 18.8 Å². The van der Waals surface area contributed by atoms with E-state index in [4.69, 9.17) is 0 Å². The molecule has 0 aliphatic carbocycles. The molecule has 0 saturated heterocycles. The molecule has 3 amide bonds. The quantitative estimate of drug-likeness (QED) is 0.663. The van der Waals surface area contributed by atoms with E-state index < -0.39 is 29.6 Å². The monoisotopic (exact) mass is 342 g/mol. The van der Waals surface area contributed by atoms with Crippen LogP contribution in [0.2, 0.25) is 0 Å². The third kappa shape index (κ3) is 3.14. The lowest BCUT2D eigenvalue weighted by Crippen LogP contribution is -2.50. The number of amides is 3. The topological polar surface area (TPSA) is 75.7 Å². The average Bonchev–Trinajstić information content (AvgIpc) is 2.85.